The molecular weight excluding hydrogens is 373 g/mol. The third-order valence-corrected chi connectivity index (χ3v) is 6.40. The van der Waals surface area contributed by atoms with E-state index >= 15 is 0 Å². The van der Waals surface area contributed by atoms with Crippen LogP contribution in [0.5, 0.6) is 0 Å². The quantitative estimate of drug-likeness (QED) is 0.689. The van der Waals surface area contributed by atoms with Crippen LogP contribution in [0.4, 0.5) is 4.39 Å². The monoisotopic (exact) mass is 393 g/mol. The van der Waals surface area contributed by atoms with Gasteiger partial charge in [0.2, 0.25) is 0 Å². The number of hydrogen-bond donors (Lipinski definition) is 1. The molecule has 5 rings (SSSR count). The number of carbonyl (C=O) groups is 1. The zero-order valence-corrected chi connectivity index (χ0v) is 16.1. The van der Waals surface area contributed by atoms with Crippen LogP contribution in [-0.2, 0) is 0 Å². The summed E-state index contributed by atoms with van der Waals surface area (Å²) in [6.45, 7) is 0. The zero-order valence-electron chi connectivity index (χ0n) is 15.3. The molecular formula is C22H20FN3OS. The van der Waals surface area contributed by atoms with Crippen LogP contribution >= 0.6 is 11.8 Å². The number of aromatic nitrogens is 2. The Kier molecular flexibility index (Phi) is 4.43. The standard InChI is InChI=1S/C22H20FN3OS/c23-15-8-9-21-17(12-15)18(10-11-28-21)24-22(27)20-13-19(14-6-7-14)25-26(20)16-4-2-1-3-5-16/h1-5,8-9,12-14,18H,6-7,10-11H2,(H,24,27)/t18-/m1/s1. The van der Waals surface area contributed by atoms with Crippen molar-refractivity contribution < 1.29 is 9.18 Å². The van der Waals surface area contributed by atoms with E-state index in [1.807, 2.05) is 36.4 Å². The van der Waals surface area contributed by atoms with Gasteiger partial charge in [-0.25, -0.2) is 9.07 Å². The van der Waals surface area contributed by atoms with E-state index in [9.17, 15) is 9.18 Å². The van der Waals surface area contributed by atoms with Crippen molar-refractivity contribution in [2.24, 2.45) is 0 Å². The number of para-hydroxylation sites is 1. The maximum atomic E-state index is 13.8. The molecule has 2 aromatic carbocycles. The van der Waals surface area contributed by atoms with Crippen LogP contribution in [0.15, 0.2) is 59.5 Å². The number of nitrogens with zero attached hydrogens (tertiary/aromatic N) is 2. The van der Waals surface area contributed by atoms with Crippen molar-refractivity contribution in [3.05, 3.63) is 77.4 Å². The molecule has 1 atom stereocenters. The van der Waals surface area contributed by atoms with Crippen LogP contribution in [-0.4, -0.2) is 21.4 Å². The Morgan fingerprint density at radius 1 is 1.11 bits per heavy atom. The molecule has 0 unspecified atom stereocenters. The van der Waals surface area contributed by atoms with Gasteiger partial charge in [-0.05, 0) is 61.2 Å². The lowest BCUT2D eigenvalue weighted by atomic mass is 10.0. The van der Waals surface area contributed by atoms with E-state index in [0.29, 0.717) is 11.6 Å². The molecule has 1 fully saturated rings. The predicted molar refractivity (Wildman–Crippen MR) is 107 cm³/mol. The summed E-state index contributed by atoms with van der Waals surface area (Å²) >= 11 is 1.70. The molecule has 3 aromatic rings. The minimum absolute atomic E-state index is 0.171. The van der Waals surface area contributed by atoms with Crippen molar-refractivity contribution in [2.45, 2.75) is 36.1 Å². The predicted octanol–water partition coefficient (Wildman–Crippen LogP) is 4.86. The van der Waals surface area contributed by atoms with Crippen LogP contribution in [0.3, 0.4) is 0 Å². The molecule has 6 heteroatoms. The molecule has 0 saturated heterocycles. The largest absolute Gasteiger partial charge is 0.344 e. The van der Waals surface area contributed by atoms with Gasteiger partial charge in [-0.3, -0.25) is 4.79 Å². The molecule has 1 aromatic heterocycles. The Hall–Kier alpha value is -2.60. The van der Waals surface area contributed by atoms with Crippen molar-refractivity contribution >= 4 is 17.7 Å². The second-order valence-corrected chi connectivity index (χ2v) is 8.46. The molecule has 0 radical (unpaired) electrons. The maximum Gasteiger partial charge on any atom is 0.270 e. The van der Waals surface area contributed by atoms with Crippen molar-refractivity contribution in [3.8, 4) is 5.69 Å². The second kappa shape index (κ2) is 7.09. The Morgan fingerprint density at radius 3 is 2.71 bits per heavy atom. The number of halogens is 1. The third-order valence-electron chi connectivity index (χ3n) is 5.27. The van der Waals surface area contributed by atoms with Gasteiger partial charge in [-0.2, -0.15) is 5.10 Å². The number of fused-ring (bicyclic) bond motifs is 1. The Balaban J connectivity index is 1.47. The lowest BCUT2D eigenvalue weighted by Crippen LogP contribution is -2.32. The summed E-state index contributed by atoms with van der Waals surface area (Å²) in [7, 11) is 0. The SMILES string of the molecule is O=C(N[C@@H]1CCSc2ccc(F)cc21)c1cc(C2CC2)nn1-c1ccccc1. The van der Waals surface area contributed by atoms with E-state index < -0.39 is 0 Å². The van der Waals surface area contributed by atoms with E-state index in [1.165, 1.54) is 12.1 Å². The highest BCUT2D eigenvalue weighted by molar-refractivity contribution is 7.99. The van der Waals surface area contributed by atoms with Gasteiger partial charge in [0.15, 0.2) is 0 Å². The summed E-state index contributed by atoms with van der Waals surface area (Å²) in [6.07, 6.45) is 3.03. The number of nitrogens with one attached hydrogen (secondary N) is 1. The van der Waals surface area contributed by atoms with Crippen molar-refractivity contribution in [1.29, 1.82) is 0 Å². The lowest BCUT2D eigenvalue weighted by Gasteiger charge is -2.26. The molecule has 2 aliphatic rings. The first-order valence-corrected chi connectivity index (χ1v) is 10.6. The highest BCUT2D eigenvalue weighted by atomic mass is 32.2. The molecule has 1 saturated carbocycles. The Morgan fingerprint density at radius 2 is 1.93 bits per heavy atom. The maximum absolute atomic E-state index is 13.8. The normalized spacial score (nSPS) is 18.5. The summed E-state index contributed by atoms with van der Waals surface area (Å²) < 4.78 is 15.5. The molecule has 4 nitrogen and oxygen atoms in total. The number of hydrogen-bond acceptors (Lipinski definition) is 3. The van der Waals surface area contributed by atoms with E-state index in [0.717, 1.165) is 46.9 Å². The first-order chi connectivity index (χ1) is 13.7. The van der Waals surface area contributed by atoms with Gasteiger partial charge in [0, 0.05) is 16.6 Å². The number of thioether (sulfide) groups is 1. The van der Waals surface area contributed by atoms with Crippen LogP contribution in [0.2, 0.25) is 0 Å². The van der Waals surface area contributed by atoms with Gasteiger partial charge in [-0.1, -0.05) is 18.2 Å². The first-order valence-electron chi connectivity index (χ1n) is 9.57. The fraction of sp³-hybridized carbons (Fsp3) is 0.273. The van der Waals surface area contributed by atoms with Crippen LogP contribution < -0.4 is 5.32 Å². The first kappa shape index (κ1) is 17.5. The Bertz CT molecular complexity index is 1030. The lowest BCUT2D eigenvalue weighted by molar-refractivity contribution is 0.0927. The highest BCUT2D eigenvalue weighted by Gasteiger charge is 2.30. The van der Waals surface area contributed by atoms with Gasteiger partial charge in [0.25, 0.3) is 5.91 Å². The highest BCUT2D eigenvalue weighted by Crippen LogP contribution is 2.40. The fourth-order valence-electron chi connectivity index (χ4n) is 3.65. The second-order valence-electron chi connectivity index (χ2n) is 7.32. The third kappa shape index (κ3) is 3.33. The topological polar surface area (TPSA) is 46.9 Å². The molecule has 1 amide bonds. The number of benzene rings is 2. The molecule has 0 bridgehead atoms. The summed E-state index contributed by atoms with van der Waals surface area (Å²) in [5.41, 5.74) is 3.23. The molecule has 142 valence electrons. The number of rotatable bonds is 4. The van der Waals surface area contributed by atoms with Crippen molar-refractivity contribution in [2.75, 3.05) is 5.75 Å². The van der Waals surface area contributed by atoms with Crippen LogP contribution in [0.25, 0.3) is 5.69 Å². The summed E-state index contributed by atoms with van der Waals surface area (Å²) in [5.74, 6) is 0.910. The van der Waals surface area contributed by atoms with E-state index in [4.69, 9.17) is 5.10 Å². The smallest absolute Gasteiger partial charge is 0.270 e. The molecule has 1 N–H and O–H groups in total. The minimum Gasteiger partial charge on any atom is -0.344 e. The van der Waals surface area contributed by atoms with E-state index in [-0.39, 0.29) is 17.8 Å². The molecule has 28 heavy (non-hydrogen) atoms. The summed E-state index contributed by atoms with van der Waals surface area (Å²) in [5, 5.41) is 7.83. The van der Waals surface area contributed by atoms with E-state index in [2.05, 4.69) is 5.32 Å². The molecule has 0 spiro atoms. The van der Waals surface area contributed by atoms with Crippen molar-refractivity contribution in [1.82, 2.24) is 15.1 Å². The summed E-state index contributed by atoms with van der Waals surface area (Å²) in [4.78, 5) is 14.2. The zero-order chi connectivity index (χ0) is 19.1. The molecule has 2 heterocycles. The average Bonchev–Trinajstić information content (AvgIpc) is 3.47. The van der Waals surface area contributed by atoms with Gasteiger partial charge in [-0.15, -0.1) is 11.8 Å². The Labute approximate surface area is 167 Å². The number of amides is 1. The van der Waals surface area contributed by atoms with Gasteiger partial charge < -0.3 is 5.32 Å². The average molecular weight is 393 g/mol. The fourth-order valence-corrected chi connectivity index (χ4v) is 4.76. The summed E-state index contributed by atoms with van der Waals surface area (Å²) in [6, 6.07) is 16.2. The van der Waals surface area contributed by atoms with Gasteiger partial charge in [0.05, 0.1) is 17.4 Å². The molecule has 1 aliphatic carbocycles. The van der Waals surface area contributed by atoms with Crippen molar-refractivity contribution in [3.63, 3.8) is 0 Å². The van der Waals surface area contributed by atoms with Gasteiger partial charge >= 0.3 is 0 Å². The van der Waals surface area contributed by atoms with E-state index in [1.54, 1.807) is 22.5 Å². The molecule has 1 aliphatic heterocycles. The van der Waals surface area contributed by atoms with Crippen LogP contribution in [0.1, 0.15) is 53.0 Å². The minimum atomic E-state index is -0.272. The van der Waals surface area contributed by atoms with Gasteiger partial charge in [0.1, 0.15) is 11.5 Å². The number of carbonyl (C=O) groups excluding carboxylic acids is 1. The van der Waals surface area contributed by atoms with Crippen LogP contribution in [0, 0.1) is 5.82 Å².